The topological polar surface area (TPSA) is 72.2 Å². The van der Waals surface area contributed by atoms with Crippen LogP contribution in [-0.2, 0) is 6.18 Å². The molecule has 0 atom stereocenters. The molecule has 0 unspecified atom stereocenters. The van der Waals surface area contributed by atoms with Crippen molar-refractivity contribution in [1.82, 2.24) is 9.78 Å². The molecular weight excluding hydrogens is 325 g/mol. The Labute approximate surface area is 126 Å². The van der Waals surface area contributed by atoms with E-state index in [0.717, 1.165) is 10.7 Å². The normalized spacial score (nSPS) is 11.5. The first-order chi connectivity index (χ1) is 10.1. The second-order valence-corrected chi connectivity index (χ2v) is 4.78. The van der Waals surface area contributed by atoms with Crippen molar-refractivity contribution in [3.05, 3.63) is 56.5 Å². The number of carbonyl (C=O) groups is 1. The van der Waals surface area contributed by atoms with Crippen molar-refractivity contribution in [3.8, 4) is 5.69 Å². The summed E-state index contributed by atoms with van der Waals surface area (Å²) in [6.45, 7) is 1.20. The summed E-state index contributed by atoms with van der Waals surface area (Å²) in [6.07, 6.45) is -4.06. The van der Waals surface area contributed by atoms with E-state index in [4.69, 9.17) is 16.7 Å². The van der Waals surface area contributed by atoms with Gasteiger partial charge in [0, 0.05) is 5.02 Å². The molecule has 0 aliphatic rings. The quantitative estimate of drug-likeness (QED) is 0.917. The summed E-state index contributed by atoms with van der Waals surface area (Å²) >= 11 is 5.58. The highest BCUT2D eigenvalue weighted by atomic mass is 35.5. The van der Waals surface area contributed by atoms with Crippen LogP contribution in [0.25, 0.3) is 5.69 Å². The summed E-state index contributed by atoms with van der Waals surface area (Å²) in [5.74, 6) is -1.54. The number of nitrogens with zero attached hydrogens (tertiary/aromatic N) is 2. The van der Waals surface area contributed by atoms with E-state index in [9.17, 15) is 22.8 Å². The first-order valence-corrected chi connectivity index (χ1v) is 6.20. The number of aromatic carboxylic acids is 1. The van der Waals surface area contributed by atoms with Crippen LogP contribution in [0.2, 0.25) is 5.02 Å². The molecule has 2 rings (SSSR count). The summed E-state index contributed by atoms with van der Waals surface area (Å²) in [6, 6.07) is 2.98. The maximum absolute atomic E-state index is 13.1. The van der Waals surface area contributed by atoms with Crippen LogP contribution in [0, 0.1) is 6.92 Å². The maximum Gasteiger partial charge on any atom is 0.418 e. The minimum absolute atomic E-state index is 0.131. The standard InChI is InChI=1S/C13H8ClF3N2O3/c1-6-11(12(21)22)10(20)5-18-19(6)9-3-2-7(14)4-8(9)13(15,16)17/h2-5H,1H3,(H,21,22). The molecule has 0 saturated heterocycles. The van der Waals surface area contributed by atoms with Crippen LogP contribution in [0.3, 0.4) is 0 Å². The molecule has 1 N–H and O–H groups in total. The Morgan fingerprint density at radius 2 is 2.00 bits per heavy atom. The van der Waals surface area contributed by atoms with Crippen molar-refractivity contribution in [1.29, 1.82) is 0 Å². The van der Waals surface area contributed by atoms with Gasteiger partial charge in [0.2, 0.25) is 5.43 Å². The van der Waals surface area contributed by atoms with Gasteiger partial charge in [0.25, 0.3) is 0 Å². The first-order valence-electron chi connectivity index (χ1n) is 5.82. The summed E-state index contributed by atoms with van der Waals surface area (Å²) < 4.78 is 40.1. The predicted molar refractivity (Wildman–Crippen MR) is 71.5 cm³/mol. The number of carboxylic acid groups (broad SMARTS) is 1. The van der Waals surface area contributed by atoms with Gasteiger partial charge in [-0.1, -0.05) is 11.6 Å². The number of halogens is 4. The molecule has 0 aliphatic heterocycles. The van der Waals surface area contributed by atoms with Gasteiger partial charge in [-0.3, -0.25) is 4.79 Å². The van der Waals surface area contributed by atoms with Crippen molar-refractivity contribution >= 4 is 17.6 Å². The molecule has 0 bridgehead atoms. The third kappa shape index (κ3) is 2.82. The molecule has 1 aromatic heterocycles. The van der Waals surface area contributed by atoms with Gasteiger partial charge in [-0.05, 0) is 25.1 Å². The van der Waals surface area contributed by atoms with Crippen molar-refractivity contribution in [2.75, 3.05) is 0 Å². The van der Waals surface area contributed by atoms with Crippen molar-refractivity contribution < 1.29 is 23.1 Å². The SMILES string of the molecule is Cc1c(C(=O)O)c(=O)cnn1-c1ccc(Cl)cc1C(F)(F)F. The van der Waals surface area contributed by atoms with Crippen LogP contribution in [0.5, 0.6) is 0 Å². The van der Waals surface area contributed by atoms with E-state index < -0.39 is 34.4 Å². The second kappa shape index (κ2) is 5.45. The lowest BCUT2D eigenvalue weighted by Crippen LogP contribution is -2.23. The van der Waals surface area contributed by atoms with Crippen LogP contribution in [0.4, 0.5) is 13.2 Å². The van der Waals surface area contributed by atoms with E-state index in [-0.39, 0.29) is 10.7 Å². The van der Waals surface area contributed by atoms with Crippen molar-refractivity contribution in [2.45, 2.75) is 13.1 Å². The fourth-order valence-corrected chi connectivity index (χ4v) is 2.14. The number of aromatic nitrogens is 2. The molecular formula is C13H8ClF3N2O3. The van der Waals surface area contributed by atoms with Crippen LogP contribution < -0.4 is 5.43 Å². The molecule has 5 nitrogen and oxygen atoms in total. The molecule has 0 saturated carbocycles. The fourth-order valence-electron chi connectivity index (χ4n) is 1.97. The van der Waals surface area contributed by atoms with Crippen LogP contribution in [0.1, 0.15) is 21.6 Å². The Bertz CT molecular complexity index is 815. The van der Waals surface area contributed by atoms with Crippen molar-refractivity contribution in [3.63, 3.8) is 0 Å². The fraction of sp³-hybridized carbons (Fsp3) is 0.154. The zero-order valence-electron chi connectivity index (χ0n) is 11.0. The Morgan fingerprint density at radius 1 is 1.36 bits per heavy atom. The van der Waals surface area contributed by atoms with E-state index in [1.54, 1.807) is 0 Å². The van der Waals surface area contributed by atoms with E-state index in [1.165, 1.54) is 13.0 Å². The van der Waals surface area contributed by atoms with Gasteiger partial charge >= 0.3 is 12.1 Å². The number of hydrogen-bond acceptors (Lipinski definition) is 3. The average molecular weight is 333 g/mol. The predicted octanol–water partition coefficient (Wildman–Crippen LogP) is 2.91. The Morgan fingerprint density at radius 3 is 2.55 bits per heavy atom. The number of alkyl halides is 3. The molecule has 116 valence electrons. The van der Waals surface area contributed by atoms with E-state index >= 15 is 0 Å². The largest absolute Gasteiger partial charge is 0.477 e. The number of rotatable bonds is 2. The molecule has 9 heteroatoms. The molecule has 22 heavy (non-hydrogen) atoms. The minimum atomic E-state index is -4.72. The number of carboxylic acids is 1. The highest BCUT2D eigenvalue weighted by Crippen LogP contribution is 2.35. The maximum atomic E-state index is 13.1. The van der Waals surface area contributed by atoms with Crippen LogP contribution >= 0.6 is 11.6 Å². The molecule has 0 spiro atoms. The molecule has 0 radical (unpaired) electrons. The van der Waals surface area contributed by atoms with Crippen molar-refractivity contribution in [2.24, 2.45) is 0 Å². The third-order valence-corrected chi connectivity index (χ3v) is 3.16. The summed E-state index contributed by atoms with van der Waals surface area (Å²) in [4.78, 5) is 22.6. The molecule has 1 aromatic carbocycles. The number of benzene rings is 1. The van der Waals surface area contributed by atoms with E-state index in [0.29, 0.717) is 12.3 Å². The van der Waals surface area contributed by atoms with Gasteiger partial charge in [0.1, 0.15) is 5.56 Å². The highest BCUT2D eigenvalue weighted by Gasteiger charge is 2.35. The molecule has 2 aromatic rings. The molecule has 0 aliphatic carbocycles. The van der Waals surface area contributed by atoms with Gasteiger partial charge in [0.15, 0.2) is 0 Å². The first kappa shape index (κ1) is 16.0. The van der Waals surface area contributed by atoms with Crippen LogP contribution in [0.15, 0.2) is 29.2 Å². The van der Waals surface area contributed by atoms with Gasteiger partial charge in [0.05, 0.1) is 23.1 Å². The molecule has 0 fully saturated rings. The Kier molecular flexibility index (Phi) is 3.97. The van der Waals surface area contributed by atoms with E-state index in [2.05, 4.69) is 5.10 Å². The second-order valence-electron chi connectivity index (χ2n) is 4.35. The molecule has 0 amide bonds. The van der Waals surface area contributed by atoms with Gasteiger partial charge < -0.3 is 5.11 Å². The Balaban J connectivity index is 2.82. The smallest absolute Gasteiger partial charge is 0.418 e. The van der Waals surface area contributed by atoms with E-state index in [1.807, 2.05) is 0 Å². The lowest BCUT2D eigenvalue weighted by Gasteiger charge is -2.17. The van der Waals surface area contributed by atoms with Gasteiger partial charge in [-0.15, -0.1) is 0 Å². The monoisotopic (exact) mass is 332 g/mol. The summed E-state index contributed by atoms with van der Waals surface area (Å²) in [7, 11) is 0. The van der Waals surface area contributed by atoms with Gasteiger partial charge in [-0.2, -0.15) is 18.3 Å². The zero-order valence-corrected chi connectivity index (χ0v) is 11.7. The lowest BCUT2D eigenvalue weighted by molar-refractivity contribution is -0.137. The lowest BCUT2D eigenvalue weighted by atomic mass is 10.1. The Hall–Kier alpha value is -2.35. The highest BCUT2D eigenvalue weighted by molar-refractivity contribution is 6.30. The third-order valence-electron chi connectivity index (χ3n) is 2.92. The molecule has 1 heterocycles. The van der Waals surface area contributed by atoms with Crippen LogP contribution in [-0.4, -0.2) is 20.9 Å². The zero-order chi connectivity index (χ0) is 16.7. The minimum Gasteiger partial charge on any atom is -0.477 e. The van der Waals surface area contributed by atoms with Gasteiger partial charge in [-0.25, -0.2) is 9.48 Å². The summed E-state index contributed by atoms with van der Waals surface area (Å²) in [5, 5.41) is 12.5. The number of hydrogen-bond donors (Lipinski definition) is 1. The summed E-state index contributed by atoms with van der Waals surface area (Å²) in [5.41, 5.74) is -3.25. The average Bonchev–Trinajstić information content (AvgIpc) is 2.38.